The van der Waals surface area contributed by atoms with Gasteiger partial charge in [-0.25, -0.2) is 0 Å². The first-order chi connectivity index (χ1) is 13.1. The molecule has 1 heterocycles. The Kier molecular flexibility index (Phi) is 6.03. The molecule has 1 atom stereocenters. The lowest BCUT2D eigenvalue weighted by Crippen LogP contribution is -2.32. The molecule has 0 spiro atoms. The van der Waals surface area contributed by atoms with Crippen molar-refractivity contribution in [2.45, 2.75) is 26.4 Å². The Morgan fingerprint density at radius 3 is 2.59 bits per heavy atom. The highest BCUT2D eigenvalue weighted by atomic mass is 32.1. The number of aryl methyl sites for hydroxylation is 1. The molecule has 0 saturated heterocycles. The van der Waals surface area contributed by atoms with E-state index >= 15 is 0 Å². The van der Waals surface area contributed by atoms with Crippen LogP contribution in [-0.2, 0) is 4.79 Å². The Balaban J connectivity index is 1.67. The Morgan fingerprint density at radius 2 is 1.89 bits per heavy atom. The maximum Gasteiger partial charge on any atom is 0.267 e. The van der Waals surface area contributed by atoms with Gasteiger partial charge in [-0.3, -0.25) is 10.1 Å². The number of hydrogen-bond acceptors (Lipinski definition) is 6. The number of anilines is 1. The second-order valence-corrected chi connectivity index (χ2v) is 6.94. The van der Waals surface area contributed by atoms with E-state index in [1.807, 2.05) is 50.2 Å². The third-order valence-electron chi connectivity index (χ3n) is 3.94. The fourth-order valence-corrected chi connectivity index (χ4v) is 3.19. The molecule has 0 aliphatic heterocycles. The standard InChI is InChI=1S/C20H21N3O3S/c1-4-17(26-16-7-5-6-15(12-16)25-3)18(24)21-20-23-22-19(27-20)14-10-8-13(2)9-11-14/h5-12,17H,4H2,1-3H3,(H,21,23,24)/t17-/m1/s1. The lowest BCUT2D eigenvalue weighted by molar-refractivity contribution is -0.122. The van der Waals surface area contributed by atoms with Crippen molar-refractivity contribution >= 4 is 22.4 Å². The van der Waals surface area contributed by atoms with E-state index in [0.29, 0.717) is 23.1 Å². The van der Waals surface area contributed by atoms with E-state index in [9.17, 15) is 4.79 Å². The van der Waals surface area contributed by atoms with Crippen molar-refractivity contribution < 1.29 is 14.3 Å². The molecule has 0 aliphatic rings. The summed E-state index contributed by atoms with van der Waals surface area (Å²) in [5, 5.41) is 12.2. The molecule has 27 heavy (non-hydrogen) atoms. The van der Waals surface area contributed by atoms with E-state index in [-0.39, 0.29) is 5.91 Å². The molecule has 1 amide bonds. The van der Waals surface area contributed by atoms with Crippen molar-refractivity contribution in [3.05, 3.63) is 54.1 Å². The maximum absolute atomic E-state index is 12.6. The van der Waals surface area contributed by atoms with Crippen molar-refractivity contribution in [2.75, 3.05) is 12.4 Å². The summed E-state index contributed by atoms with van der Waals surface area (Å²) < 4.78 is 11.0. The monoisotopic (exact) mass is 383 g/mol. The lowest BCUT2D eigenvalue weighted by atomic mass is 10.2. The highest BCUT2D eigenvalue weighted by molar-refractivity contribution is 7.18. The molecule has 0 unspecified atom stereocenters. The van der Waals surface area contributed by atoms with Crippen LogP contribution >= 0.6 is 11.3 Å². The number of nitrogens with zero attached hydrogens (tertiary/aromatic N) is 2. The minimum Gasteiger partial charge on any atom is -0.497 e. The Morgan fingerprint density at radius 1 is 1.15 bits per heavy atom. The number of methoxy groups -OCH3 is 1. The summed E-state index contributed by atoms with van der Waals surface area (Å²) in [6.07, 6.45) is -0.115. The summed E-state index contributed by atoms with van der Waals surface area (Å²) in [7, 11) is 1.59. The van der Waals surface area contributed by atoms with Crippen molar-refractivity contribution in [1.29, 1.82) is 0 Å². The zero-order chi connectivity index (χ0) is 19.2. The number of amides is 1. The second kappa shape index (κ2) is 8.64. The first-order valence-corrected chi connectivity index (χ1v) is 9.43. The van der Waals surface area contributed by atoms with Crippen LogP contribution in [0, 0.1) is 6.92 Å². The predicted molar refractivity (Wildman–Crippen MR) is 106 cm³/mol. The van der Waals surface area contributed by atoms with Gasteiger partial charge in [0.25, 0.3) is 5.91 Å². The largest absolute Gasteiger partial charge is 0.497 e. The van der Waals surface area contributed by atoms with Crippen LogP contribution in [0.25, 0.3) is 10.6 Å². The smallest absolute Gasteiger partial charge is 0.267 e. The first-order valence-electron chi connectivity index (χ1n) is 8.61. The van der Waals surface area contributed by atoms with Crippen LogP contribution in [-0.4, -0.2) is 29.3 Å². The number of carbonyl (C=O) groups is 1. The van der Waals surface area contributed by atoms with Gasteiger partial charge in [0.05, 0.1) is 7.11 Å². The molecule has 0 fully saturated rings. The molecule has 0 saturated carbocycles. The fraction of sp³-hybridized carbons (Fsp3) is 0.250. The third kappa shape index (κ3) is 4.83. The molecule has 0 radical (unpaired) electrons. The van der Waals surface area contributed by atoms with Crippen LogP contribution in [0.5, 0.6) is 11.5 Å². The molecule has 2 aromatic carbocycles. The van der Waals surface area contributed by atoms with Crippen molar-refractivity contribution in [3.63, 3.8) is 0 Å². The van der Waals surface area contributed by atoms with Crippen LogP contribution < -0.4 is 14.8 Å². The van der Waals surface area contributed by atoms with E-state index < -0.39 is 6.10 Å². The lowest BCUT2D eigenvalue weighted by Gasteiger charge is -2.16. The molecular formula is C20H21N3O3S. The summed E-state index contributed by atoms with van der Waals surface area (Å²) in [6, 6.07) is 15.2. The Hall–Kier alpha value is -2.93. The molecule has 140 valence electrons. The van der Waals surface area contributed by atoms with Crippen molar-refractivity contribution in [2.24, 2.45) is 0 Å². The van der Waals surface area contributed by atoms with Gasteiger partial charge in [0.15, 0.2) is 6.10 Å². The minimum absolute atomic E-state index is 0.257. The number of rotatable bonds is 7. The van der Waals surface area contributed by atoms with E-state index in [0.717, 1.165) is 10.6 Å². The average Bonchev–Trinajstić information content (AvgIpc) is 3.15. The third-order valence-corrected chi connectivity index (χ3v) is 4.82. The zero-order valence-corrected chi connectivity index (χ0v) is 16.2. The van der Waals surface area contributed by atoms with Gasteiger partial charge in [-0.05, 0) is 25.5 Å². The van der Waals surface area contributed by atoms with Gasteiger partial charge in [0.2, 0.25) is 5.13 Å². The maximum atomic E-state index is 12.6. The first kappa shape index (κ1) is 18.8. The topological polar surface area (TPSA) is 73.3 Å². The molecule has 6 nitrogen and oxygen atoms in total. The van der Waals surface area contributed by atoms with Gasteiger partial charge in [-0.2, -0.15) is 0 Å². The SMILES string of the molecule is CC[C@@H](Oc1cccc(OC)c1)C(=O)Nc1nnc(-c2ccc(C)cc2)s1. The van der Waals surface area contributed by atoms with Gasteiger partial charge in [0, 0.05) is 11.6 Å². The molecule has 3 aromatic rings. The van der Waals surface area contributed by atoms with Crippen LogP contribution in [0.15, 0.2) is 48.5 Å². The van der Waals surface area contributed by atoms with Gasteiger partial charge in [-0.15, -0.1) is 10.2 Å². The van der Waals surface area contributed by atoms with E-state index in [4.69, 9.17) is 9.47 Å². The van der Waals surface area contributed by atoms with Crippen molar-refractivity contribution in [1.82, 2.24) is 10.2 Å². The summed E-state index contributed by atoms with van der Waals surface area (Å²) in [6.45, 7) is 3.92. The number of hydrogen-bond donors (Lipinski definition) is 1. The van der Waals surface area contributed by atoms with Crippen LogP contribution in [0.2, 0.25) is 0 Å². The average molecular weight is 383 g/mol. The number of benzene rings is 2. The summed E-state index contributed by atoms with van der Waals surface area (Å²) in [5.41, 5.74) is 2.15. The summed E-state index contributed by atoms with van der Waals surface area (Å²) >= 11 is 1.33. The second-order valence-electron chi connectivity index (χ2n) is 5.96. The Labute approximate surface area is 162 Å². The van der Waals surface area contributed by atoms with Gasteiger partial charge < -0.3 is 9.47 Å². The number of ether oxygens (including phenoxy) is 2. The normalized spacial score (nSPS) is 11.7. The molecule has 1 N–H and O–H groups in total. The highest BCUT2D eigenvalue weighted by Crippen LogP contribution is 2.27. The van der Waals surface area contributed by atoms with Crippen LogP contribution in [0.1, 0.15) is 18.9 Å². The number of carbonyl (C=O) groups excluding carboxylic acids is 1. The highest BCUT2D eigenvalue weighted by Gasteiger charge is 2.20. The fourth-order valence-electron chi connectivity index (χ4n) is 2.43. The Bertz CT molecular complexity index is 909. The number of aromatic nitrogens is 2. The molecule has 3 rings (SSSR count). The molecule has 0 aliphatic carbocycles. The quantitative estimate of drug-likeness (QED) is 0.658. The summed E-state index contributed by atoms with van der Waals surface area (Å²) in [5.74, 6) is 0.996. The van der Waals surface area contributed by atoms with Gasteiger partial charge >= 0.3 is 0 Å². The van der Waals surface area contributed by atoms with Gasteiger partial charge in [-0.1, -0.05) is 54.2 Å². The minimum atomic E-state index is -0.635. The molecule has 7 heteroatoms. The van der Waals surface area contributed by atoms with Crippen LogP contribution in [0.4, 0.5) is 5.13 Å². The van der Waals surface area contributed by atoms with E-state index in [1.165, 1.54) is 16.9 Å². The van der Waals surface area contributed by atoms with E-state index in [2.05, 4.69) is 15.5 Å². The van der Waals surface area contributed by atoms with Crippen molar-refractivity contribution in [3.8, 4) is 22.1 Å². The predicted octanol–water partition coefficient (Wildman–Crippen LogP) is 4.32. The van der Waals surface area contributed by atoms with Gasteiger partial charge in [0.1, 0.15) is 16.5 Å². The molecule has 1 aromatic heterocycles. The number of nitrogens with one attached hydrogen (secondary N) is 1. The molecular weight excluding hydrogens is 362 g/mol. The molecule has 0 bridgehead atoms. The zero-order valence-electron chi connectivity index (χ0n) is 15.4. The summed E-state index contributed by atoms with van der Waals surface area (Å²) in [4.78, 5) is 12.6. The van der Waals surface area contributed by atoms with E-state index in [1.54, 1.807) is 19.2 Å². The van der Waals surface area contributed by atoms with Crippen LogP contribution in [0.3, 0.4) is 0 Å².